The maximum absolute atomic E-state index is 11.0. The van der Waals surface area contributed by atoms with Gasteiger partial charge in [-0.3, -0.25) is 4.55 Å². The average molecular weight is 331 g/mol. The van der Waals surface area contributed by atoms with Gasteiger partial charge in [0.1, 0.15) is 5.75 Å². The molecule has 0 aliphatic heterocycles. The number of nitrogens with zero attached hydrogens (tertiary/aromatic N) is 2. The van der Waals surface area contributed by atoms with Crippen molar-refractivity contribution < 1.29 is 17.7 Å². The van der Waals surface area contributed by atoms with Gasteiger partial charge in [0.05, 0.1) is 29.1 Å². The summed E-state index contributed by atoms with van der Waals surface area (Å²) in [6.07, 6.45) is 0. The summed E-state index contributed by atoms with van der Waals surface area (Å²) >= 11 is 0. The second kappa shape index (κ2) is 7.70. The van der Waals surface area contributed by atoms with Crippen LogP contribution in [-0.2, 0) is 10.1 Å². The van der Waals surface area contributed by atoms with Crippen LogP contribution >= 0.6 is 0 Å². The second-order valence-electron chi connectivity index (χ2n) is 4.10. The Balaban J connectivity index is 0.00000242. The zero-order valence-electron chi connectivity index (χ0n) is 11.1. The predicted octanol–water partition coefficient (Wildman–Crippen LogP) is 2.29. The number of rotatable bonds is 4. The molecule has 112 valence electrons. The monoisotopic (exact) mass is 331 g/mol. The normalized spacial score (nSPS) is 11.2. The van der Waals surface area contributed by atoms with Gasteiger partial charge in [-0.25, -0.2) is 0 Å². The molecule has 0 saturated heterocycles. The Labute approximate surface area is 150 Å². The van der Waals surface area contributed by atoms with Crippen LogP contribution in [0.15, 0.2) is 57.6 Å². The number of anilines is 1. The summed E-state index contributed by atoms with van der Waals surface area (Å²) in [5.74, 6) is 0.470. The summed E-state index contributed by atoms with van der Waals surface area (Å²) in [6.45, 7) is 0. The van der Waals surface area contributed by atoms with Crippen LogP contribution in [0.25, 0.3) is 0 Å². The van der Waals surface area contributed by atoms with Gasteiger partial charge < -0.3 is 10.5 Å². The SMILES string of the molecule is COc1cc(/N=N/c2cccc(S(=O)(=O)O)c2)ccc1N.[NaH]. The molecule has 0 unspecified atom stereocenters. The van der Waals surface area contributed by atoms with E-state index in [0.29, 0.717) is 22.8 Å². The van der Waals surface area contributed by atoms with Gasteiger partial charge in [0.15, 0.2) is 0 Å². The molecule has 0 fully saturated rings. The minimum absolute atomic E-state index is 0. The first kappa shape index (κ1) is 18.6. The summed E-state index contributed by atoms with van der Waals surface area (Å²) in [4.78, 5) is -0.242. The van der Waals surface area contributed by atoms with E-state index in [4.69, 9.17) is 15.0 Å². The van der Waals surface area contributed by atoms with E-state index in [9.17, 15) is 8.42 Å². The van der Waals surface area contributed by atoms with E-state index in [2.05, 4.69) is 10.2 Å². The van der Waals surface area contributed by atoms with Gasteiger partial charge in [0.2, 0.25) is 0 Å². The van der Waals surface area contributed by atoms with Crippen molar-refractivity contribution in [2.75, 3.05) is 12.8 Å². The molecule has 0 aliphatic carbocycles. The molecule has 3 N–H and O–H groups in total. The Morgan fingerprint density at radius 1 is 1.09 bits per heavy atom. The van der Waals surface area contributed by atoms with Gasteiger partial charge in [0, 0.05) is 6.07 Å². The zero-order chi connectivity index (χ0) is 15.5. The van der Waals surface area contributed by atoms with E-state index in [1.807, 2.05) is 0 Å². The molecular formula is C13H14N3NaO4S. The van der Waals surface area contributed by atoms with Crippen LogP contribution in [0.5, 0.6) is 5.75 Å². The van der Waals surface area contributed by atoms with Crippen LogP contribution in [0.1, 0.15) is 0 Å². The van der Waals surface area contributed by atoms with E-state index >= 15 is 0 Å². The first-order chi connectivity index (χ1) is 9.90. The van der Waals surface area contributed by atoms with Gasteiger partial charge in [-0.15, -0.1) is 0 Å². The fourth-order valence-corrected chi connectivity index (χ4v) is 2.10. The number of hydrogen-bond donors (Lipinski definition) is 2. The third-order valence-corrected chi connectivity index (χ3v) is 3.46. The molecule has 0 radical (unpaired) electrons. The Bertz CT molecular complexity index is 794. The zero-order valence-corrected chi connectivity index (χ0v) is 11.9. The molecule has 9 heteroatoms. The van der Waals surface area contributed by atoms with Crippen molar-refractivity contribution in [3.8, 4) is 5.75 Å². The molecule has 0 heterocycles. The van der Waals surface area contributed by atoms with Crippen molar-refractivity contribution in [1.82, 2.24) is 0 Å². The van der Waals surface area contributed by atoms with Crippen LogP contribution in [0.3, 0.4) is 0 Å². The van der Waals surface area contributed by atoms with E-state index in [1.165, 1.54) is 25.3 Å². The summed E-state index contributed by atoms with van der Waals surface area (Å²) in [7, 11) is -2.77. The topological polar surface area (TPSA) is 114 Å². The van der Waals surface area contributed by atoms with Crippen molar-refractivity contribution >= 4 is 56.7 Å². The molecule has 0 bridgehead atoms. The van der Waals surface area contributed by atoms with Gasteiger partial charge >= 0.3 is 29.6 Å². The molecule has 2 aromatic rings. The number of ether oxygens (including phenoxy) is 1. The Kier molecular flexibility index (Phi) is 6.51. The standard InChI is InChI=1S/C13H13N3O4S.Na.H/c1-20-13-8-10(5-6-12(13)14)16-15-9-3-2-4-11(7-9)21(17,18)19;;/h2-8H,14H2,1H3,(H,17,18,19);;/b16-15+;;. The second-order valence-corrected chi connectivity index (χ2v) is 5.52. The van der Waals surface area contributed by atoms with Crippen molar-refractivity contribution in [1.29, 1.82) is 0 Å². The van der Waals surface area contributed by atoms with Crippen LogP contribution in [0, 0.1) is 0 Å². The molecule has 0 saturated carbocycles. The molecule has 0 spiro atoms. The minimum atomic E-state index is -4.26. The molecule has 0 atom stereocenters. The molecule has 22 heavy (non-hydrogen) atoms. The van der Waals surface area contributed by atoms with E-state index < -0.39 is 10.1 Å². The van der Waals surface area contributed by atoms with Crippen molar-refractivity contribution in [3.63, 3.8) is 0 Å². The summed E-state index contributed by atoms with van der Waals surface area (Å²) in [5, 5.41) is 7.87. The van der Waals surface area contributed by atoms with E-state index in [1.54, 1.807) is 24.3 Å². The third-order valence-electron chi connectivity index (χ3n) is 2.61. The maximum atomic E-state index is 11.0. The van der Waals surface area contributed by atoms with E-state index in [0.717, 1.165) is 0 Å². The van der Waals surface area contributed by atoms with Crippen LogP contribution < -0.4 is 10.5 Å². The fourth-order valence-electron chi connectivity index (χ4n) is 1.58. The first-order valence-corrected chi connectivity index (χ1v) is 7.27. The number of benzene rings is 2. The number of nitrogens with two attached hydrogens (primary N) is 1. The van der Waals surface area contributed by atoms with Crippen LogP contribution in [-0.4, -0.2) is 49.6 Å². The van der Waals surface area contributed by atoms with E-state index in [-0.39, 0.29) is 34.5 Å². The van der Waals surface area contributed by atoms with Crippen molar-refractivity contribution in [2.45, 2.75) is 4.90 Å². The Morgan fingerprint density at radius 3 is 2.32 bits per heavy atom. The average Bonchev–Trinajstić information content (AvgIpc) is 2.46. The van der Waals surface area contributed by atoms with Gasteiger partial charge in [-0.05, 0) is 30.3 Å². The third kappa shape index (κ3) is 4.79. The number of nitrogen functional groups attached to an aromatic ring is 1. The molecule has 0 aliphatic rings. The van der Waals surface area contributed by atoms with Crippen LogP contribution in [0.4, 0.5) is 17.1 Å². The van der Waals surface area contributed by atoms with Gasteiger partial charge in [-0.2, -0.15) is 18.6 Å². The molecule has 0 amide bonds. The van der Waals surface area contributed by atoms with Crippen molar-refractivity contribution in [2.24, 2.45) is 10.2 Å². The summed E-state index contributed by atoms with van der Waals surface area (Å²) < 4.78 is 36.1. The summed E-state index contributed by atoms with van der Waals surface area (Å²) in [5.41, 5.74) is 6.95. The molecule has 0 aromatic heterocycles. The molecule has 7 nitrogen and oxygen atoms in total. The predicted molar refractivity (Wildman–Crippen MR) is 85.0 cm³/mol. The molecule has 2 rings (SSSR count). The quantitative estimate of drug-likeness (QED) is 0.386. The van der Waals surface area contributed by atoms with Gasteiger partial charge in [0.25, 0.3) is 10.1 Å². The fraction of sp³-hybridized carbons (Fsp3) is 0.0769. The molecular weight excluding hydrogens is 317 g/mol. The Hall–Kier alpha value is -1.45. The number of azo groups is 1. The van der Waals surface area contributed by atoms with Crippen molar-refractivity contribution in [3.05, 3.63) is 42.5 Å². The van der Waals surface area contributed by atoms with Crippen LogP contribution in [0.2, 0.25) is 0 Å². The molecule has 2 aromatic carbocycles. The Morgan fingerprint density at radius 2 is 1.73 bits per heavy atom. The van der Waals surface area contributed by atoms with Gasteiger partial charge in [-0.1, -0.05) is 6.07 Å². The summed E-state index contributed by atoms with van der Waals surface area (Å²) in [6, 6.07) is 10.4. The number of hydrogen-bond acceptors (Lipinski definition) is 6. The number of methoxy groups -OCH3 is 1. The first-order valence-electron chi connectivity index (χ1n) is 5.83.